The van der Waals surface area contributed by atoms with Crippen LogP contribution in [-0.4, -0.2) is 30.4 Å². The van der Waals surface area contributed by atoms with Gasteiger partial charge < -0.3 is 14.8 Å². The van der Waals surface area contributed by atoms with E-state index in [1.165, 1.54) is 11.8 Å². The lowest BCUT2D eigenvalue weighted by Crippen LogP contribution is -2.30. The predicted octanol–water partition coefficient (Wildman–Crippen LogP) is 3.55. The second-order valence-corrected chi connectivity index (χ2v) is 6.69. The lowest BCUT2D eigenvalue weighted by atomic mass is 10.2. The third-order valence-electron chi connectivity index (χ3n) is 3.30. The predicted molar refractivity (Wildman–Crippen MR) is 96.0 cm³/mol. The molecule has 1 amide bonds. The zero-order valence-electron chi connectivity index (χ0n) is 13.7. The molecule has 1 aromatic heterocycles. The summed E-state index contributed by atoms with van der Waals surface area (Å²) in [6.45, 7) is 2.22. The van der Waals surface area contributed by atoms with Crippen molar-refractivity contribution in [3.8, 4) is 11.5 Å². The van der Waals surface area contributed by atoms with Gasteiger partial charge >= 0.3 is 0 Å². The third kappa shape index (κ3) is 4.79. The van der Waals surface area contributed by atoms with Crippen LogP contribution in [-0.2, 0) is 11.3 Å². The van der Waals surface area contributed by atoms with E-state index >= 15 is 0 Å². The van der Waals surface area contributed by atoms with E-state index in [9.17, 15) is 4.79 Å². The van der Waals surface area contributed by atoms with Gasteiger partial charge in [0.05, 0.1) is 24.5 Å². The van der Waals surface area contributed by atoms with Gasteiger partial charge in [-0.3, -0.25) is 4.79 Å². The Morgan fingerprint density at radius 1 is 1.29 bits per heavy atom. The maximum absolute atomic E-state index is 12.3. The highest BCUT2D eigenvalue weighted by molar-refractivity contribution is 8.00. The van der Waals surface area contributed by atoms with Gasteiger partial charge in [0, 0.05) is 12.7 Å². The number of benzene rings is 1. The van der Waals surface area contributed by atoms with Gasteiger partial charge in [0.25, 0.3) is 0 Å². The number of methoxy groups -OCH3 is 2. The number of halogens is 1. The van der Waals surface area contributed by atoms with Gasteiger partial charge in [0.15, 0.2) is 11.5 Å². The Kier molecular flexibility index (Phi) is 6.75. The van der Waals surface area contributed by atoms with Crippen molar-refractivity contribution in [1.82, 2.24) is 10.3 Å². The SMILES string of the molecule is COc1ccc(CNC(=O)[C@@H](C)Sc2ncccc2Cl)cc1OC. The van der Waals surface area contributed by atoms with E-state index in [0.29, 0.717) is 28.1 Å². The number of nitrogens with one attached hydrogen (secondary N) is 1. The molecule has 1 heterocycles. The maximum atomic E-state index is 12.3. The minimum Gasteiger partial charge on any atom is -0.493 e. The van der Waals surface area contributed by atoms with Crippen LogP contribution in [0.1, 0.15) is 12.5 Å². The molecule has 0 saturated carbocycles. The van der Waals surface area contributed by atoms with E-state index in [1.54, 1.807) is 32.5 Å². The summed E-state index contributed by atoms with van der Waals surface area (Å²) in [7, 11) is 3.16. The van der Waals surface area contributed by atoms with Crippen molar-refractivity contribution in [2.75, 3.05) is 14.2 Å². The van der Waals surface area contributed by atoms with Gasteiger partial charge in [0.1, 0.15) is 5.03 Å². The van der Waals surface area contributed by atoms with Crippen LogP contribution in [0.15, 0.2) is 41.6 Å². The fourth-order valence-electron chi connectivity index (χ4n) is 2.00. The molecule has 0 saturated heterocycles. The quantitative estimate of drug-likeness (QED) is 0.759. The van der Waals surface area contributed by atoms with Crippen LogP contribution in [0.4, 0.5) is 0 Å². The Balaban J connectivity index is 1.94. The first-order chi connectivity index (χ1) is 11.5. The molecular formula is C17H19ClN2O3S. The molecule has 0 bridgehead atoms. The van der Waals surface area contributed by atoms with Crippen LogP contribution in [0, 0.1) is 0 Å². The van der Waals surface area contributed by atoms with Crippen LogP contribution in [0.2, 0.25) is 5.02 Å². The lowest BCUT2D eigenvalue weighted by molar-refractivity contribution is -0.120. The molecule has 0 spiro atoms. The fourth-order valence-corrected chi connectivity index (χ4v) is 3.09. The van der Waals surface area contributed by atoms with Crippen molar-refractivity contribution in [2.24, 2.45) is 0 Å². The summed E-state index contributed by atoms with van der Waals surface area (Å²) in [4.78, 5) is 16.4. The van der Waals surface area contributed by atoms with Crippen molar-refractivity contribution in [1.29, 1.82) is 0 Å². The Morgan fingerprint density at radius 3 is 2.71 bits per heavy atom. The highest BCUT2D eigenvalue weighted by Gasteiger charge is 2.16. The summed E-state index contributed by atoms with van der Waals surface area (Å²) in [5.41, 5.74) is 0.925. The summed E-state index contributed by atoms with van der Waals surface area (Å²) in [6, 6.07) is 9.05. The van der Waals surface area contributed by atoms with Gasteiger partial charge in [-0.05, 0) is 36.8 Å². The minimum absolute atomic E-state index is 0.0866. The Bertz CT molecular complexity index is 712. The normalized spacial score (nSPS) is 11.7. The van der Waals surface area contributed by atoms with Gasteiger partial charge in [-0.2, -0.15) is 0 Å². The van der Waals surface area contributed by atoms with Crippen LogP contribution >= 0.6 is 23.4 Å². The number of ether oxygens (including phenoxy) is 2. The first-order valence-corrected chi connectivity index (χ1v) is 8.56. The zero-order chi connectivity index (χ0) is 17.5. The van der Waals surface area contributed by atoms with Crippen LogP contribution in [0.3, 0.4) is 0 Å². The van der Waals surface area contributed by atoms with Crippen molar-refractivity contribution in [3.63, 3.8) is 0 Å². The molecule has 7 heteroatoms. The molecule has 0 unspecified atom stereocenters. The van der Waals surface area contributed by atoms with E-state index in [1.807, 2.05) is 25.1 Å². The molecule has 0 aliphatic heterocycles. The summed E-state index contributed by atoms with van der Waals surface area (Å²) >= 11 is 7.39. The molecule has 1 aromatic carbocycles. The maximum Gasteiger partial charge on any atom is 0.233 e. The Labute approximate surface area is 150 Å². The second kappa shape index (κ2) is 8.80. The van der Waals surface area contributed by atoms with Crippen LogP contribution in [0.5, 0.6) is 11.5 Å². The third-order valence-corrected chi connectivity index (χ3v) is 4.83. The number of carbonyl (C=O) groups excluding carboxylic acids is 1. The summed E-state index contributed by atoms with van der Waals surface area (Å²) in [5, 5.41) is 3.78. The van der Waals surface area contributed by atoms with Gasteiger partial charge in [-0.1, -0.05) is 29.4 Å². The van der Waals surface area contributed by atoms with E-state index < -0.39 is 0 Å². The Hall–Kier alpha value is -1.92. The molecule has 1 atom stereocenters. The van der Waals surface area contributed by atoms with Gasteiger partial charge in [-0.25, -0.2) is 4.98 Å². The number of aromatic nitrogens is 1. The molecule has 128 valence electrons. The van der Waals surface area contributed by atoms with E-state index in [4.69, 9.17) is 21.1 Å². The molecule has 0 fully saturated rings. The average Bonchev–Trinajstić information content (AvgIpc) is 2.61. The first-order valence-electron chi connectivity index (χ1n) is 7.31. The lowest BCUT2D eigenvalue weighted by Gasteiger charge is -2.13. The topological polar surface area (TPSA) is 60.5 Å². The Morgan fingerprint density at radius 2 is 2.04 bits per heavy atom. The number of hydrogen-bond donors (Lipinski definition) is 1. The largest absolute Gasteiger partial charge is 0.493 e. The molecule has 0 aliphatic carbocycles. The minimum atomic E-state index is -0.308. The van der Waals surface area contributed by atoms with Crippen molar-refractivity contribution in [3.05, 3.63) is 47.1 Å². The summed E-state index contributed by atoms with van der Waals surface area (Å²) < 4.78 is 10.5. The highest BCUT2D eigenvalue weighted by atomic mass is 35.5. The molecule has 0 aliphatic rings. The summed E-state index contributed by atoms with van der Waals surface area (Å²) in [5.74, 6) is 1.20. The molecule has 1 N–H and O–H groups in total. The van der Waals surface area contributed by atoms with Crippen LogP contribution in [0.25, 0.3) is 0 Å². The monoisotopic (exact) mass is 366 g/mol. The number of pyridine rings is 1. The second-order valence-electron chi connectivity index (χ2n) is 4.96. The molecule has 2 aromatic rings. The molecule has 24 heavy (non-hydrogen) atoms. The number of carbonyl (C=O) groups is 1. The number of thioether (sulfide) groups is 1. The van der Waals surface area contributed by atoms with E-state index in [2.05, 4.69) is 10.3 Å². The zero-order valence-corrected chi connectivity index (χ0v) is 15.3. The molecule has 0 radical (unpaired) electrons. The fraction of sp³-hybridized carbons (Fsp3) is 0.294. The standard InChI is InChI=1S/C17H19ClN2O3S/c1-11(24-17-13(18)5-4-8-19-17)16(21)20-10-12-6-7-14(22-2)15(9-12)23-3/h4-9,11H,10H2,1-3H3,(H,20,21)/t11-/m1/s1. The smallest absolute Gasteiger partial charge is 0.233 e. The summed E-state index contributed by atoms with van der Waals surface area (Å²) in [6.07, 6.45) is 1.66. The van der Waals surface area contributed by atoms with Crippen molar-refractivity contribution in [2.45, 2.75) is 23.7 Å². The first kappa shape index (κ1) is 18.4. The number of nitrogens with zero attached hydrogens (tertiary/aromatic N) is 1. The highest BCUT2D eigenvalue weighted by Crippen LogP contribution is 2.29. The molecule has 5 nitrogen and oxygen atoms in total. The number of amides is 1. The van der Waals surface area contributed by atoms with E-state index in [0.717, 1.165) is 5.56 Å². The number of rotatable bonds is 7. The molecule has 2 rings (SSSR count). The van der Waals surface area contributed by atoms with E-state index in [-0.39, 0.29) is 11.2 Å². The van der Waals surface area contributed by atoms with Crippen molar-refractivity contribution < 1.29 is 14.3 Å². The molecular weight excluding hydrogens is 348 g/mol. The van der Waals surface area contributed by atoms with Crippen molar-refractivity contribution >= 4 is 29.3 Å². The van der Waals surface area contributed by atoms with Gasteiger partial charge in [0.2, 0.25) is 5.91 Å². The van der Waals surface area contributed by atoms with Gasteiger partial charge in [-0.15, -0.1) is 0 Å². The van der Waals surface area contributed by atoms with Crippen LogP contribution < -0.4 is 14.8 Å². The number of hydrogen-bond acceptors (Lipinski definition) is 5. The average molecular weight is 367 g/mol.